The Morgan fingerprint density at radius 2 is 1.54 bits per heavy atom. The predicted molar refractivity (Wildman–Crippen MR) is 55.4 cm³/mol. The Kier molecular flexibility index (Phi) is 5.35. The van der Waals surface area contributed by atoms with Crippen LogP contribution in [0, 0.1) is 0 Å². The number of hydrogen-bond acceptors (Lipinski definition) is 1. The molecule has 0 spiro atoms. The van der Waals surface area contributed by atoms with E-state index in [1.54, 1.807) is 10.9 Å². The molecule has 0 aliphatic heterocycles. The zero-order chi connectivity index (χ0) is 8.81. The van der Waals surface area contributed by atoms with E-state index in [1.165, 1.54) is 0 Å². The summed E-state index contributed by atoms with van der Waals surface area (Å²) >= 11 is 0. The lowest BCUT2D eigenvalue weighted by Gasteiger charge is -1.79. The molecule has 0 atom stereocenters. The fourth-order valence-electron chi connectivity index (χ4n) is 0.766. The Bertz CT molecular complexity index is 250. The Morgan fingerprint density at radius 1 is 0.923 bits per heavy atom. The first-order valence-electron chi connectivity index (χ1n) is 3.79. The number of rotatable bonds is 0. The molecule has 0 aliphatic rings. The predicted octanol–water partition coefficient (Wildman–Crippen LogP) is 2.08. The Morgan fingerprint density at radius 3 is 1.69 bits per heavy atom. The van der Waals surface area contributed by atoms with Crippen LogP contribution in [0.2, 0.25) is 0 Å². The van der Waals surface area contributed by atoms with Crippen molar-refractivity contribution in [2.24, 2.45) is 14.1 Å². The first kappa shape index (κ1) is 11.5. The third-order valence-electron chi connectivity index (χ3n) is 1.39. The van der Waals surface area contributed by atoms with Gasteiger partial charge in [0.15, 0.2) is 0 Å². The van der Waals surface area contributed by atoms with Gasteiger partial charge in [0, 0.05) is 38.9 Å². The van der Waals surface area contributed by atoms with Gasteiger partial charge < -0.3 is 4.57 Å². The van der Waals surface area contributed by atoms with Crippen molar-refractivity contribution in [3.63, 3.8) is 0 Å². The maximum Gasteiger partial charge on any atom is 0.0489 e. The lowest BCUT2D eigenvalue weighted by atomic mass is 10.7. The summed E-state index contributed by atoms with van der Waals surface area (Å²) in [5.41, 5.74) is 0. The monoisotopic (exact) mass is 179 g/mol. The lowest BCUT2D eigenvalue weighted by Crippen LogP contribution is -1.83. The van der Waals surface area contributed by atoms with Crippen LogP contribution in [-0.2, 0) is 14.1 Å². The molecule has 0 saturated carbocycles. The van der Waals surface area contributed by atoms with Gasteiger partial charge >= 0.3 is 0 Å². The zero-order valence-corrected chi connectivity index (χ0v) is 7.38. The van der Waals surface area contributed by atoms with Crippen LogP contribution in [0.3, 0.4) is 0 Å². The smallest absolute Gasteiger partial charge is 0.0489 e. The minimum atomic E-state index is 0. The van der Waals surface area contributed by atoms with E-state index >= 15 is 0 Å². The van der Waals surface area contributed by atoms with Crippen LogP contribution in [0.4, 0.5) is 0 Å². The summed E-state index contributed by atoms with van der Waals surface area (Å²) in [5, 5.41) is 3.83. The molecule has 0 radical (unpaired) electrons. The van der Waals surface area contributed by atoms with E-state index in [4.69, 9.17) is 0 Å². The van der Waals surface area contributed by atoms with E-state index in [2.05, 4.69) is 5.10 Å². The average Bonchev–Trinajstić information content (AvgIpc) is 2.63. The van der Waals surface area contributed by atoms with Crippen molar-refractivity contribution < 1.29 is 0 Å². The second-order valence-electron chi connectivity index (χ2n) is 2.53. The van der Waals surface area contributed by atoms with E-state index in [0.29, 0.717) is 0 Å². The van der Waals surface area contributed by atoms with Gasteiger partial charge in [0.2, 0.25) is 0 Å². The van der Waals surface area contributed by atoms with Crippen molar-refractivity contribution in [3.8, 4) is 0 Å². The van der Waals surface area contributed by atoms with Crippen molar-refractivity contribution in [1.82, 2.24) is 14.3 Å². The first-order valence-corrected chi connectivity index (χ1v) is 3.79. The summed E-state index contributed by atoms with van der Waals surface area (Å²) in [4.78, 5) is 0. The van der Waals surface area contributed by atoms with Gasteiger partial charge in [0.1, 0.15) is 0 Å². The summed E-state index contributed by atoms with van der Waals surface area (Å²) in [6.07, 6.45) is 7.64. The number of aryl methyl sites for hydroxylation is 2. The molecular formula is C10H17N3. The van der Waals surface area contributed by atoms with Gasteiger partial charge in [0.05, 0.1) is 0 Å². The molecule has 0 amide bonds. The van der Waals surface area contributed by atoms with Crippen LogP contribution in [0.25, 0.3) is 0 Å². The van der Waals surface area contributed by atoms with Crippen molar-refractivity contribution in [3.05, 3.63) is 43.0 Å². The summed E-state index contributed by atoms with van der Waals surface area (Å²) < 4.78 is 3.75. The van der Waals surface area contributed by atoms with Gasteiger partial charge in [-0.25, -0.2) is 0 Å². The van der Waals surface area contributed by atoms with Gasteiger partial charge in [-0.2, -0.15) is 5.10 Å². The molecule has 0 aliphatic carbocycles. The van der Waals surface area contributed by atoms with Crippen molar-refractivity contribution in [2.75, 3.05) is 0 Å². The topological polar surface area (TPSA) is 22.8 Å². The van der Waals surface area contributed by atoms with E-state index in [9.17, 15) is 0 Å². The quantitative estimate of drug-likeness (QED) is 0.607. The molecule has 0 saturated heterocycles. The molecule has 2 heterocycles. The van der Waals surface area contributed by atoms with Crippen molar-refractivity contribution in [1.29, 1.82) is 0 Å². The normalized spacial score (nSPS) is 8.15. The molecule has 0 aromatic carbocycles. The Hall–Kier alpha value is -1.51. The molecule has 0 bridgehead atoms. The highest BCUT2D eigenvalue weighted by atomic mass is 15.2. The van der Waals surface area contributed by atoms with Gasteiger partial charge in [0.25, 0.3) is 0 Å². The summed E-state index contributed by atoms with van der Waals surface area (Å²) in [6.45, 7) is 0. The van der Waals surface area contributed by atoms with Gasteiger partial charge in [-0.05, 0) is 18.2 Å². The Balaban J connectivity index is 0.000000206. The molecule has 0 fully saturated rings. The molecule has 0 N–H and O–H groups in total. The van der Waals surface area contributed by atoms with Crippen molar-refractivity contribution >= 4 is 0 Å². The largest absolute Gasteiger partial charge is 0.357 e. The van der Waals surface area contributed by atoms with Crippen LogP contribution >= 0.6 is 0 Å². The summed E-state index contributed by atoms with van der Waals surface area (Å²) in [6, 6.07) is 5.89. The summed E-state index contributed by atoms with van der Waals surface area (Å²) in [7, 11) is 3.89. The zero-order valence-electron chi connectivity index (χ0n) is 7.38. The lowest BCUT2D eigenvalue weighted by molar-refractivity contribution is 0.768. The maximum atomic E-state index is 3.83. The minimum Gasteiger partial charge on any atom is -0.357 e. The van der Waals surface area contributed by atoms with E-state index in [1.807, 2.05) is 55.5 Å². The molecule has 3 nitrogen and oxygen atoms in total. The third-order valence-corrected chi connectivity index (χ3v) is 1.39. The van der Waals surface area contributed by atoms with Crippen LogP contribution in [0.5, 0.6) is 0 Å². The van der Waals surface area contributed by atoms with Gasteiger partial charge in [-0.1, -0.05) is 7.43 Å². The molecular weight excluding hydrogens is 162 g/mol. The van der Waals surface area contributed by atoms with Crippen LogP contribution in [0.1, 0.15) is 7.43 Å². The highest BCUT2D eigenvalue weighted by Crippen LogP contribution is 1.80. The third kappa shape index (κ3) is 4.85. The fourth-order valence-corrected chi connectivity index (χ4v) is 0.766. The molecule has 2 rings (SSSR count). The van der Waals surface area contributed by atoms with Gasteiger partial charge in [-0.3, -0.25) is 4.68 Å². The first-order chi connectivity index (χ1) is 5.79. The van der Waals surface area contributed by atoms with E-state index in [0.717, 1.165) is 0 Å². The van der Waals surface area contributed by atoms with Crippen LogP contribution < -0.4 is 0 Å². The molecule has 0 unspecified atom stereocenters. The Labute approximate surface area is 79.6 Å². The summed E-state index contributed by atoms with van der Waals surface area (Å²) in [5.74, 6) is 0. The van der Waals surface area contributed by atoms with Gasteiger partial charge in [-0.15, -0.1) is 0 Å². The van der Waals surface area contributed by atoms with Crippen LogP contribution in [0.15, 0.2) is 43.0 Å². The number of nitrogens with zero attached hydrogens (tertiary/aromatic N) is 3. The minimum absolute atomic E-state index is 0. The number of aromatic nitrogens is 3. The molecule has 13 heavy (non-hydrogen) atoms. The number of hydrogen-bond donors (Lipinski definition) is 0. The molecule has 72 valence electrons. The van der Waals surface area contributed by atoms with Crippen molar-refractivity contribution in [2.45, 2.75) is 7.43 Å². The van der Waals surface area contributed by atoms with E-state index in [-0.39, 0.29) is 7.43 Å². The highest BCUT2D eigenvalue weighted by molar-refractivity contribution is 4.88. The van der Waals surface area contributed by atoms with E-state index < -0.39 is 0 Å². The fraction of sp³-hybridized carbons (Fsp3) is 0.300. The molecule has 3 heteroatoms. The molecule has 2 aromatic rings. The average molecular weight is 179 g/mol. The standard InChI is InChI=1S/C5H7N.C4H6N2.CH4/c2*1-6-4-2-3-5-6;/h2-5H,1H3;2-4H,1H3;1H4. The second kappa shape index (κ2) is 6.06. The molecule has 2 aromatic heterocycles. The SMILES string of the molecule is C.Cn1cccc1.Cn1cccn1. The maximum absolute atomic E-state index is 3.83. The van der Waals surface area contributed by atoms with Crippen LogP contribution in [-0.4, -0.2) is 14.3 Å². The second-order valence-corrected chi connectivity index (χ2v) is 2.53. The highest BCUT2D eigenvalue weighted by Gasteiger charge is 1.69.